The standard InChI is InChI=1S/C11H12N2O3/c1-7(14)8-3-5-9(6-4-8)13-11(16)10(15)12-2/h3-6H,1-2H3,(H,12,15)(H,13,16). The summed E-state index contributed by atoms with van der Waals surface area (Å²) in [6.07, 6.45) is 0. The summed E-state index contributed by atoms with van der Waals surface area (Å²) in [7, 11) is 1.38. The Morgan fingerprint density at radius 2 is 1.56 bits per heavy atom. The molecule has 0 fully saturated rings. The van der Waals surface area contributed by atoms with Gasteiger partial charge in [-0.25, -0.2) is 0 Å². The fourth-order valence-electron chi connectivity index (χ4n) is 1.09. The smallest absolute Gasteiger partial charge is 0.313 e. The van der Waals surface area contributed by atoms with Crippen LogP contribution in [0.3, 0.4) is 0 Å². The molecule has 0 atom stereocenters. The van der Waals surface area contributed by atoms with Gasteiger partial charge in [-0.2, -0.15) is 0 Å². The average molecular weight is 220 g/mol. The summed E-state index contributed by atoms with van der Waals surface area (Å²) in [6, 6.07) is 6.30. The first-order valence-corrected chi connectivity index (χ1v) is 4.68. The molecule has 2 N–H and O–H groups in total. The second kappa shape index (κ2) is 5.06. The Balaban J connectivity index is 2.72. The van der Waals surface area contributed by atoms with Gasteiger partial charge in [0.25, 0.3) is 0 Å². The first-order chi connectivity index (χ1) is 7.54. The van der Waals surface area contributed by atoms with Crippen molar-refractivity contribution in [3.63, 3.8) is 0 Å². The van der Waals surface area contributed by atoms with Crippen molar-refractivity contribution in [3.8, 4) is 0 Å². The number of Topliss-reactive ketones (excluding diaryl/α,β-unsaturated/α-hetero) is 1. The van der Waals surface area contributed by atoms with Crippen LogP contribution in [0.4, 0.5) is 5.69 Å². The van der Waals surface area contributed by atoms with Gasteiger partial charge < -0.3 is 10.6 Å². The summed E-state index contributed by atoms with van der Waals surface area (Å²) >= 11 is 0. The number of benzene rings is 1. The lowest BCUT2D eigenvalue weighted by molar-refractivity contribution is -0.135. The fourth-order valence-corrected chi connectivity index (χ4v) is 1.09. The minimum atomic E-state index is -0.738. The molecular weight excluding hydrogens is 208 g/mol. The summed E-state index contributed by atoms with van der Waals surface area (Å²) in [5.41, 5.74) is 1.02. The Kier molecular flexibility index (Phi) is 3.77. The summed E-state index contributed by atoms with van der Waals surface area (Å²) < 4.78 is 0. The number of carbonyl (C=O) groups is 3. The Hall–Kier alpha value is -2.17. The first-order valence-electron chi connectivity index (χ1n) is 4.68. The van der Waals surface area contributed by atoms with E-state index in [1.165, 1.54) is 14.0 Å². The predicted octanol–water partition coefficient (Wildman–Crippen LogP) is 0.574. The van der Waals surface area contributed by atoms with Crippen molar-refractivity contribution < 1.29 is 14.4 Å². The lowest BCUT2D eigenvalue weighted by Gasteiger charge is -2.04. The molecule has 0 saturated heterocycles. The zero-order chi connectivity index (χ0) is 12.1. The molecule has 1 rings (SSSR count). The number of likely N-dealkylation sites (N-methyl/N-ethyl adjacent to an activating group) is 1. The highest BCUT2D eigenvalue weighted by Crippen LogP contribution is 2.09. The number of carbonyl (C=O) groups excluding carboxylic acids is 3. The van der Waals surface area contributed by atoms with E-state index in [0.717, 1.165) is 0 Å². The molecule has 0 spiro atoms. The molecule has 1 aromatic carbocycles. The molecule has 0 aliphatic carbocycles. The quantitative estimate of drug-likeness (QED) is 0.565. The molecule has 0 bridgehead atoms. The van der Waals surface area contributed by atoms with Gasteiger partial charge in [-0.15, -0.1) is 0 Å². The zero-order valence-electron chi connectivity index (χ0n) is 9.03. The van der Waals surface area contributed by atoms with Gasteiger partial charge in [0.1, 0.15) is 0 Å². The van der Waals surface area contributed by atoms with Crippen molar-refractivity contribution in [2.75, 3.05) is 12.4 Å². The molecule has 16 heavy (non-hydrogen) atoms. The van der Waals surface area contributed by atoms with Gasteiger partial charge in [-0.05, 0) is 31.2 Å². The van der Waals surface area contributed by atoms with Gasteiger partial charge >= 0.3 is 11.8 Å². The van der Waals surface area contributed by atoms with Crippen molar-refractivity contribution in [2.24, 2.45) is 0 Å². The van der Waals surface area contributed by atoms with Crippen LogP contribution in [0, 0.1) is 0 Å². The topological polar surface area (TPSA) is 75.3 Å². The van der Waals surface area contributed by atoms with E-state index in [0.29, 0.717) is 11.3 Å². The minimum Gasteiger partial charge on any atom is -0.351 e. The number of hydrogen-bond donors (Lipinski definition) is 2. The van der Waals surface area contributed by atoms with Gasteiger partial charge in [0.05, 0.1) is 0 Å². The number of anilines is 1. The Morgan fingerprint density at radius 1 is 1.00 bits per heavy atom. The van der Waals surface area contributed by atoms with Gasteiger partial charge in [0, 0.05) is 18.3 Å². The third-order valence-corrected chi connectivity index (χ3v) is 1.98. The maximum absolute atomic E-state index is 11.2. The second-order valence-corrected chi connectivity index (χ2v) is 3.17. The summed E-state index contributed by atoms with van der Waals surface area (Å²) in [4.78, 5) is 33.1. The normalized spacial score (nSPS) is 9.38. The van der Waals surface area contributed by atoms with Crippen LogP contribution in [0.1, 0.15) is 17.3 Å². The monoisotopic (exact) mass is 220 g/mol. The van der Waals surface area contributed by atoms with E-state index < -0.39 is 11.8 Å². The molecule has 0 aliphatic heterocycles. The van der Waals surface area contributed by atoms with Crippen LogP contribution in [0.15, 0.2) is 24.3 Å². The van der Waals surface area contributed by atoms with Gasteiger partial charge in [0.15, 0.2) is 5.78 Å². The van der Waals surface area contributed by atoms with Gasteiger partial charge in [-0.1, -0.05) is 0 Å². The van der Waals surface area contributed by atoms with Gasteiger partial charge in [0.2, 0.25) is 0 Å². The van der Waals surface area contributed by atoms with E-state index >= 15 is 0 Å². The van der Waals surface area contributed by atoms with Crippen LogP contribution in [-0.4, -0.2) is 24.6 Å². The third kappa shape index (κ3) is 2.91. The lowest BCUT2D eigenvalue weighted by atomic mass is 10.1. The van der Waals surface area contributed by atoms with Crippen LogP contribution in [0.2, 0.25) is 0 Å². The maximum atomic E-state index is 11.2. The molecular formula is C11H12N2O3. The largest absolute Gasteiger partial charge is 0.351 e. The average Bonchev–Trinajstić information content (AvgIpc) is 2.28. The van der Waals surface area contributed by atoms with E-state index in [9.17, 15) is 14.4 Å². The van der Waals surface area contributed by atoms with Crippen LogP contribution < -0.4 is 10.6 Å². The number of hydrogen-bond acceptors (Lipinski definition) is 3. The van der Waals surface area contributed by atoms with E-state index in [-0.39, 0.29) is 5.78 Å². The van der Waals surface area contributed by atoms with Crippen molar-refractivity contribution in [3.05, 3.63) is 29.8 Å². The van der Waals surface area contributed by atoms with Crippen molar-refractivity contribution in [1.29, 1.82) is 0 Å². The molecule has 5 heteroatoms. The van der Waals surface area contributed by atoms with Crippen molar-refractivity contribution in [2.45, 2.75) is 6.92 Å². The van der Waals surface area contributed by atoms with Gasteiger partial charge in [-0.3, -0.25) is 14.4 Å². The van der Waals surface area contributed by atoms with Crippen molar-refractivity contribution >= 4 is 23.3 Å². The van der Waals surface area contributed by atoms with E-state index in [1.54, 1.807) is 24.3 Å². The van der Waals surface area contributed by atoms with E-state index in [2.05, 4.69) is 10.6 Å². The highest BCUT2D eigenvalue weighted by atomic mass is 16.2. The highest BCUT2D eigenvalue weighted by Gasteiger charge is 2.10. The maximum Gasteiger partial charge on any atom is 0.313 e. The van der Waals surface area contributed by atoms with Crippen LogP contribution in [0.25, 0.3) is 0 Å². The fraction of sp³-hybridized carbons (Fsp3) is 0.182. The minimum absolute atomic E-state index is 0.0517. The molecule has 0 unspecified atom stereocenters. The van der Waals surface area contributed by atoms with Crippen LogP contribution in [0.5, 0.6) is 0 Å². The SMILES string of the molecule is CNC(=O)C(=O)Nc1ccc(C(C)=O)cc1. The Labute approximate surface area is 92.8 Å². The Bertz CT molecular complexity index is 423. The lowest BCUT2D eigenvalue weighted by Crippen LogP contribution is -2.32. The summed E-state index contributed by atoms with van der Waals surface area (Å²) in [6.45, 7) is 1.46. The number of nitrogens with one attached hydrogen (secondary N) is 2. The molecule has 2 amide bonds. The Morgan fingerprint density at radius 3 is 2.00 bits per heavy atom. The molecule has 0 aliphatic rings. The van der Waals surface area contributed by atoms with Crippen LogP contribution >= 0.6 is 0 Å². The molecule has 0 saturated carbocycles. The number of ketones is 1. The molecule has 0 aromatic heterocycles. The second-order valence-electron chi connectivity index (χ2n) is 3.17. The molecule has 0 radical (unpaired) electrons. The molecule has 5 nitrogen and oxygen atoms in total. The zero-order valence-corrected chi connectivity index (χ0v) is 9.03. The number of amides is 2. The molecule has 84 valence electrons. The summed E-state index contributed by atoms with van der Waals surface area (Å²) in [5, 5.41) is 4.61. The van der Waals surface area contributed by atoms with E-state index in [1.807, 2.05) is 0 Å². The van der Waals surface area contributed by atoms with Crippen molar-refractivity contribution in [1.82, 2.24) is 5.32 Å². The first kappa shape index (κ1) is 11.9. The number of rotatable bonds is 2. The third-order valence-electron chi connectivity index (χ3n) is 1.98. The predicted molar refractivity (Wildman–Crippen MR) is 59.1 cm³/mol. The van der Waals surface area contributed by atoms with E-state index in [4.69, 9.17) is 0 Å². The molecule has 0 heterocycles. The summed E-state index contributed by atoms with van der Waals surface area (Å²) in [5.74, 6) is -1.50. The van der Waals surface area contributed by atoms with Crippen LogP contribution in [-0.2, 0) is 9.59 Å². The highest BCUT2D eigenvalue weighted by molar-refractivity contribution is 6.39. The molecule has 1 aromatic rings.